The molecular weight excluding hydrogens is 242 g/mol. The summed E-state index contributed by atoms with van der Waals surface area (Å²) in [6.45, 7) is 0. The zero-order valence-electron chi connectivity index (χ0n) is 10.5. The van der Waals surface area contributed by atoms with E-state index in [4.69, 9.17) is 0 Å². The molecule has 4 heteroatoms. The Labute approximate surface area is 111 Å². The number of phenolic OH excluding ortho intramolecular Hbond substituents is 1. The molecule has 4 atom stereocenters. The first kappa shape index (κ1) is 11.0. The van der Waals surface area contributed by atoms with Crippen LogP contribution in [-0.2, 0) is 9.59 Å². The SMILES string of the molecule is O=C1C2C3CCC(C3)C2C(=O)N1c1cccc(O)c1. The Morgan fingerprint density at radius 2 is 1.68 bits per heavy atom. The first-order chi connectivity index (χ1) is 9.16. The molecule has 19 heavy (non-hydrogen) atoms. The minimum absolute atomic E-state index is 0.0622. The van der Waals surface area contributed by atoms with Crippen LogP contribution in [0.5, 0.6) is 5.75 Å². The van der Waals surface area contributed by atoms with Crippen LogP contribution in [0.15, 0.2) is 24.3 Å². The Morgan fingerprint density at radius 3 is 2.26 bits per heavy atom. The zero-order chi connectivity index (χ0) is 13.1. The number of benzene rings is 1. The van der Waals surface area contributed by atoms with Gasteiger partial charge in [-0.3, -0.25) is 9.59 Å². The Kier molecular flexibility index (Phi) is 2.08. The van der Waals surface area contributed by atoms with E-state index in [0.29, 0.717) is 17.5 Å². The number of rotatable bonds is 1. The monoisotopic (exact) mass is 257 g/mol. The van der Waals surface area contributed by atoms with Gasteiger partial charge in [-0.2, -0.15) is 0 Å². The Balaban J connectivity index is 1.75. The molecule has 0 aromatic heterocycles. The molecule has 1 heterocycles. The van der Waals surface area contributed by atoms with E-state index in [1.165, 1.54) is 11.0 Å². The number of carbonyl (C=O) groups excluding carboxylic acids is 2. The highest BCUT2D eigenvalue weighted by molar-refractivity contribution is 6.22. The quantitative estimate of drug-likeness (QED) is 0.782. The summed E-state index contributed by atoms with van der Waals surface area (Å²) >= 11 is 0. The highest BCUT2D eigenvalue weighted by atomic mass is 16.3. The lowest BCUT2D eigenvalue weighted by Crippen LogP contribution is -2.32. The van der Waals surface area contributed by atoms with Crippen LogP contribution in [0.3, 0.4) is 0 Å². The molecule has 4 unspecified atom stereocenters. The predicted molar refractivity (Wildman–Crippen MR) is 68.4 cm³/mol. The van der Waals surface area contributed by atoms with Gasteiger partial charge in [0.05, 0.1) is 17.5 Å². The molecule has 98 valence electrons. The second kappa shape index (κ2) is 3.59. The van der Waals surface area contributed by atoms with Gasteiger partial charge in [0.1, 0.15) is 5.75 Å². The molecular formula is C15H15NO3. The number of fused-ring (bicyclic) bond motifs is 5. The van der Waals surface area contributed by atoms with Crippen LogP contribution < -0.4 is 4.90 Å². The topological polar surface area (TPSA) is 57.6 Å². The minimum Gasteiger partial charge on any atom is -0.508 e. The van der Waals surface area contributed by atoms with Crippen molar-refractivity contribution in [3.8, 4) is 5.75 Å². The second-order valence-corrected chi connectivity index (χ2v) is 5.92. The van der Waals surface area contributed by atoms with E-state index >= 15 is 0 Å². The average Bonchev–Trinajstić information content (AvgIpc) is 3.04. The number of nitrogens with zero attached hydrogens (tertiary/aromatic N) is 1. The lowest BCUT2D eigenvalue weighted by Gasteiger charge is -2.19. The molecule has 1 aromatic carbocycles. The third kappa shape index (κ3) is 1.34. The van der Waals surface area contributed by atoms with Crippen LogP contribution in [0.2, 0.25) is 0 Å². The molecule has 4 nitrogen and oxygen atoms in total. The van der Waals surface area contributed by atoms with Crippen molar-refractivity contribution in [2.75, 3.05) is 4.90 Å². The van der Waals surface area contributed by atoms with E-state index in [1.54, 1.807) is 18.2 Å². The fourth-order valence-corrected chi connectivity index (χ4v) is 4.30. The van der Waals surface area contributed by atoms with Crippen LogP contribution in [0.1, 0.15) is 19.3 Å². The Hall–Kier alpha value is -1.84. The van der Waals surface area contributed by atoms with Crippen molar-refractivity contribution in [1.29, 1.82) is 0 Å². The highest BCUT2D eigenvalue weighted by Crippen LogP contribution is 2.56. The normalized spacial score (nSPS) is 36.1. The number of hydrogen-bond acceptors (Lipinski definition) is 3. The molecule has 2 bridgehead atoms. The molecule has 0 spiro atoms. The van der Waals surface area contributed by atoms with E-state index < -0.39 is 0 Å². The molecule has 1 aliphatic heterocycles. The third-order valence-electron chi connectivity index (χ3n) is 5.02. The molecule has 1 saturated heterocycles. The number of phenols is 1. The molecule has 4 rings (SSSR count). The van der Waals surface area contributed by atoms with Gasteiger partial charge in [0.2, 0.25) is 11.8 Å². The van der Waals surface area contributed by atoms with Gasteiger partial charge in [0.15, 0.2) is 0 Å². The van der Waals surface area contributed by atoms with Crippen molar-refractivity contribution in [2.45, 2.75) is 19.3 Å². The van der Waals surface area contributed by atoms with Crippen molar-refractivity contribution in [1.82, 2.24) is 0 Å². The van der Waals surface area contributed by atoms with E-state index in [2.05, 4.69) is 0 Å². The van der Waals surface area contributed by atoms with Gasteiger partial charge in [-0.25, -0.2) is 4.90 Å². The Morgan fingerprint density at radius 1 is 1.05 bits per heavy atom. The maximum atomic E-state index is 12.5. The fourth-order valence-electron chi connectivity index (χ4n) is 4.30. The van der Waals surface area contributed by atoms with E-state index in [9.17, 15) is 14.7 Å². The molecule has 2 amide bonds. The number of amides is 2. The second-order valence-electron chi connectivity index (χ2n) is 5.92. The maximum Gasteiger partial charge on any atom is 0.237 e. The van der Waals surface area contributed by atoms with E-state index in [-0.39, 0.29) is 29.4 Å². The number of anilines is 1. The summed E-state index contributed by atoms with van der Waals surface area (Å²) in [6.07, 6.45) is 3.21. The van der Waals surface area contributed by atoms with E-state index in [1.807, 2.05) is 0 Å². The van der Waals surface area contributed by atoms with Crippen LogP contribution in [-0.4, -0.2) is 16.9 Å². The van der Waals surface area contributed by atoms with Crippen LogP contribution >= 0.6 is 0 Å². The van der Waals surface area contributed by atoms with Gasteiger partial charge >= 0.3 is 0 Å². The van der Waals surface area contributed by atoms with Gasteiger partial charge in [-0.1, -0.05) is 6.07 Å². The maximum absolute atomic E-state index is 12.5. The molecule has 2 saturated carbocycles. The number of aromatic hydroxyl groups is 1. The first-order valence-electron chi connectivity index (χ1n) is 6.83. The van der Waals surface area contributed by atoms with Crippen molar-refractivity contribution in [2.24, 2.45) is 23.7 Å². The molecule has 3 fully saturated rings. The largest absolute Gasteiger partial charge is 0.508 e. The lowest BCUT2D eigenvalue weighted by atomic mass is 9.81. The van der Waals surface area contributed by atoms with Crippen LogP contribution in [0.4, 0.5) is 5.69 Å². The molecule has 1 aromatic rings. The molecule has 3 aliphatic rings. The summed E-state index contributed by atoms with van der Waals surface area (Å²) < 4.78 is 0. The number of hydrogen-bond donors (Lipinski definition) is 1. The predicted octanol–water partition coefficient (Wildman–Crippen LogP) is 1.93. The lowest BCUT2D eigenvalue weighted by molar-refractivity contribution is -0.123. The summed E-state index contributed by atoms with van der Waals surface area (Å²) in [4.78, 5) is 26.3. The standard InChI is InChI=1S/C15H15NO3/c17-11-3-1-2-10(7-11)16-14(18)12-8-4-5-9(6-8)13(12)15(16)19/h1-3,7-9,12-13,17H,4-6H2. The minimum atomic E-state index is -0.103. The smallest absolute Gasteiger partial charge is 0.237 e. The Bertz CT molecular complexity index is 555. The van der Waals surface area contributed by atoms with Crippen molar-refractivity contribution >= 4 is 17.5 Å². The summed E-state index contributed by atoms with van der Waals surface area (Å²) in [7, 11) is 0. The van der Waals surface area contributed by atoms with Crippen molar-refractivity contribution in [3.05, 3.63) is 24.3 Å². The summed E-state index contributed by atoms with van der Waals surface area (Å²) in [5.74, 6) is 0.545. The molecule has 0 radical (unpaired) electrons. The summed E-state index contributed by atoms with van der Waals surface area (Å²) in [6, 6.07) is 6.39. The summed E-state index contributed by atoms with van der Waals surface area (Å²) in [5.41, 5.74) is 0.504. The van der Waals surface area contributed by atoms with Crippen LogP contribution in [0, 0.1) is 23.7 Å². The third-order valence-corrected chi connectivity index (χ3v) is 5.02. The zero-order valence-corrected chi connectivity index (χ0v) is 10.5. The van der Waals surface area contributed by atoms with Crippen LogP contribution in [0.25, 0.3) is 0 Å². The van der Waals surface area contributed by atoms with Gasteiger partial charge in [-0.15, -0.1) is 0 Å². The van der Waals surface area contributed by atoms with Gasteiger partial charge in [-0.05, 0) is 43.2 Å². The number of carbonyl (C=O) groups is 2. The van der Waals surface area contributed by atoms with Gasteiger partial charge in [0, 0.05) is 6.07 Å². The van der Waals surface area contributed by atoms with Crippen molar-refractivity contribution in [3.63, 3.8) is 0 Å². The summed E-state index contributed by atoms with van der Waals surface area (Å²) in [5, 5.41) is 9.52. The van der Waals surface area contributed by atoms with E-state index in [0.717, 1.165) is 19.3 Å². The molecule has 1 N–H and O–H groups in total. The van der Waals surface area contributed by atoms with Gasteiger partial charge in [0.25, 0.3) is 0 Å². The van der Waals surface area contributed by atoms with Gasteiger partial charge < -0.3 is 5.11 Å². The highest BCUT2D eigenvalue weighted by Gasteiger charge is 2.61. The number of imide groups is 1. The first-order valence-corrected chi connectivity index (χ1v) is 6.83. The molecule has 2 aliphatic carbocycles. The average molecular weight is 257 g/mol. The van der Waals surface area contributed by atoms with Crippen molar-refractivity contribution < 1.29 is 14.7 Å². The fraction of sp³-hybridized carbons (Fsp3) is 0.467.